The number of carbonyl (C=O) groups is 1. The lowest BCUT2D eigenvalue weighted by molar-refractivity contribution is -0.148. The minimum absolute atomic E-state index is 0.0923. The predicted molar refractivity (Wildman–Crippen MR) is 121 cm³/mol. The van der Waals surface area contributed by atoms with E-state index in [2.05, 4.69) is 12.1 Å². The summed E-state index contributed by atoms with van der Waals surface area (Å²) >= 11 is 5.92. The minimum Gasteiger partial charge on any atom is -0.466 e. The molecular weight excluding hydrogens is 434 g/mol. The smallest absolute Gasteiger partial charge is 0.309 e. The monoisotopic (exact) mass is 461 g/mol. The van der Waals surface area contributed by atoms with Crippen molar-refractivity contribution in [1.29, 1.82) is 0 Å². The van der Waals surface area contributed by atoms with Crippen LogP contribution in [-0.4, -0.2) is 38.4 Å². The van der Waals surface area contributed by atoms with Gasteiger partial charge in [0.05, 0.1) is 17.4 Å². The Morgan fingerprint density at radius 2 is 1.81 bits per heavy atom. The van der Waals surface area contributed by atoms with E-state index in [-0.39, 0.29) is 28.1 Å². The Kier molecular flexibility index (Phi) is 6.16. The number of ether oxygens (including phenoxy) is 1. The maximum Gasteiger partial charge on any atom is 0.309 e. The van der Waals surface area contributed by atoms with Gasteiger partial charge in [-0.15, -0.1) is 0 Å². The molecule has 2 aliphatic rings. The molecule has 0 aromatic heterocycles. The molecular formula is C24H28ClNO4S. The molecule has 4 rings (SSSR count). The molecule has 0 bridgehead atoms. The lowest BCUT2D eigenvalue weighted by Crippen LogP contribution is -2.44. The highest BCUT2D eigenvalue weighted by Crippen LogP contribution is 2.54. The van der Waals surface area contributed by atoms with E-state index in [0.29, 0.717) is 24.7 Å². The Morgan fingerprint density at radius 1 is 1.16 bits per heavy atom. The molecule has 166 valence electrons. The fourth-order valence-electron chi connectivity index (χ4n) is 5.21. The lowest BCUT2D eigenvalue weighted by Gasteiger charge is -2.40. The van der Waals surface area contributed by atoms with E-state index in [9.17, 15) is 13.2 Å². The molecule has 0 amide bonds. The van der Waals surface area contributed by atoms with Crippen molar-refractivity contribution < 1.29 is 17.9 Å². The number of benzene rings is 2. The SMILES string of the molecule is CCOC(=O)C(C)C1CC2(CCN(S(=O)(=O)c3ccc(Cl)cc3)CC2)c2ccccc21. The summed E-state index contributed by atoms with van der Waals surface area (Å²) in [6.07, 6.45) is 2.33. The molecule has 2 unspecified atom stereocenters. The maximum atomic E-state index is 13.1. The predicted octanol–water partition coefficient (Wildman–Crippen LogP) is 4.75. The molecule has 2 aromatic rings. The van der Waals surface area contributed by atoms with Crippen molar-refractivity contribution in [2.45, 2.75) is 49.3 Å². The zero-order valence-electron chi connectivity index (χ0n) is 17.9. The van der Waals surface area contributed by atoms with Crippen LogP contribution in [0.25, 0.3) is 0 Å². The zero-order valence-corrected chi connectivity index (χ0v) is 19.5. The molecule has 1 aliphatic carbocycles. The average Bonchev–Trinajstić information content (AvgIpc) is 3.08. The molecule has 5 nitrogen and oxygen atoms in total. The Balaban J connectivity index is 1.56. The van der Waals surface area contributed by atoms with Gasteiger partial charge in [0.1, 0.15) is 0 Å². The maximum absolute atomic E-state index is 13.1. The van der Waals surface area contributed by atoms with Crippen molar-refractivity contribution in [2.75, 3.05) is 19.7 Å². The number of fused-ring (bicyclic) bond motifs is 2. The number of carbonyl (C=O) groups excluding carboxylic acids is 1. The van der Waals surface area contributed by atoms with Gasteiger partial charge in [-0.3, -0.25) is 4.79 Å². The van der Waals surface area contributed by atoms with Gasteiger partial charge in [-0.1, -0.05) is 42.8 Å². The van der Waals surface area contributed by atoms with Crippen LogP contribution in [0.15, 0.2) is 53.4 Å². The normalized spacial score (nSPS) is 21.6. The Morgan fingerprint density at radius 3 is 2.45 bits per heavy atom. The number of nitrogens with zero attached hydrogens (tertiary/aromatic N) is 1. The van der Waals surface area contributed by atoms with Crippen molar-refractivity contribution in [1.82, 2.24) is 4.31 Å². The topological polar surface area (TPSA) is 63.7 Å². The zero-order chi connectivity index (χ0) is 22.2. The second-order valence-corrected chi connectivity index (χ2v) is 11.0. The molecule has 0 saturated carbocycles. The van der Waals surface area contributed by atoms with Gasteiger partial charge in [0, 0.05) is 18.1 Å². The highest BCUT2D eigenvalue weighted by atomic mass is 35.5. The molecule has 1 heterocycles. The molecule has 31 heavy (non-hydrogen) atoms. The van der Waals surface area contributed by atoms with Crippen LogP contribution in [0.2, 0.25) is 5.02 Å². The first kappa shape index (κ1) is 22.3. The number of hydrogen-bond donors (Lipinski definition) is 0. The minimum atomic E-state index is -3.55. The molecule has 2 atom stereocenters. The number of esters is 1. The quantitative estimate of drug-likeness (QED) is 0.603. The summed E-state index contributed by atoms with van der Waals surface area (Å²) in [5, 5.41) is 0.515. The second-order valence-electron chi connectivity index (χ2n) is 8.58. The third kappa shape index (κ3) is 4.01. The van der Waals surface area contributed by atoms with E-state index in [1.54, 1.807) is 28.6 Å². The van der Waals surface area contributed by atoms with Crippen LogP contribution in [0.1, 0.15) is 50.2 Å². The number of sulfonamides is 1. The standard InChI is InChI=1S/C24H28ClNO4S/c1-3-30-23(27)17(2)21-16-24(22-7-5-4-6-20(21)22)12-14-26(15-13-24)31(28,29)19-10-8-18(25)9-11-19/h4-11,17,21H,3,12-16H2,1-2H3. The first-order valence-corrected chi connectivity index (χ1v) is 12.6. The van der Waals surface area contributed by atoms with Gasteiger partial charge in [-0.2, -0.15) is 4.31 Å². The van der Waals surface area contributed by atoms with Gasteiger partial charge in [0.15, 0.2) is 0 Å². The van der Waals surface area contributed by atoms with Gasteiger partial charge < -0.3 is 4.74 Å². The molecule has 2 aromatic carbocycles. The van der Waals surface area contributed by atoms with E-state index in [1.165, 1.54) is 11.1 Å². The van der Waals surface area contributed by atoms with Crippen LogP contribution >= 0.6 is 11.6 Å². The summed E-state index contributed by atoms with van der Waals surface area (Å²) in [5.41, 5.74) is 2.37. The fourth-order valence-corrected chi connectivity index (χ4v) is 6.78. The van der Waals surface area contributed by atoms with E-state index >= 15 is 0 Å². The van der Waals surface area contributed by atoms with Crippen LogP contribution < -0.4 is 0 Å². The molecule has 0 N–H and O–H groups in total. The lowest BCUT2D eigenvalue weighted by atomic mass is 9.73. The largest absolute Gasteiger partial charge is 0.466 e. The van der Waals surface area contributed by atoms with Crippen LogP contribution in [-0.2, 0) is 25.0 Å². The van der Waals surface area contributed by atoms with Gasteiger partial charge in [0.25, 0.3) is 0 Å². The number of halogens is 1. The second kappa shape index (κ2) is 8.57. The first-order valence-electron chi connectivity index (χ1n) is 10.8. The summed E-state index contributed by atoms with van der Waals surface area (Å²) in [5.74, 6) is -0.298. The van der Waals surface area contributed by atoms with E-state index < -0.39 is 10.0 Å². The van der Waals surface area contributed by atoms with E-state index in [1.807, 2.05) is 26.0 Å². The van der Waals surface area contributed by atoms with Gasteiger partial charge in [0.2, 0.25) is 10.0 Å². The van der Waals surface area contributed by atoms with Gasteiger partial charge in [-0.25, -0.2) is 8.42 Å². The summed E-state index contributed by atoms with van der Waals surface area (Å²) in [7, 11) is -3.55. The van der Waals surface area contributed by atoms with Crippen LogP contribution in [0.4, 0.5) is 0 Å². The third-order valence-electron chi connectivity index (χ3n) is 6.94. The molecule has 1 fully saturated rings. The molecule has 0 radical (unpaired) electrons. The fraction of sp³-hybridized carbons (Fsp3) is 0.458. The van der Waals surface area contributed by atoms with E-state index in [0.717, 1.165) is 19.3 Å². The Bertz CT molecular complexity index is 1060. The Hall–Kier alpha value is -1.89. The van der Waals surface area contributed by atoms with Crippen LogP contribution in [0.5, 0.6) is 0 Å². The highest BCUT2D eigenvalue weighted by molar-refractivity contribution is 7.89. The molecule has 1 spiro atoms. The van der Waals surface area contributed by atoms with Crippen LogP contribution in [0.3, 0.4) is 0 Å². The molecule has 7 heteroatoms. The van der Waals surface area contributed by atoms with Crippen molar-refractivity contribution in [2.24, 2.45) is 5.92 Å². The van der Waals surface area contributed by atoms with Crippen molar-refractivity contribution in [3.05, 3.63) is 64.7 Å². The van der Waals surface area contributed by atoms with Crippen molar-refractivity contribution >= 4 is 27.6 Å². The summed E-state index contributed by atoms with van der Waals surface area (Å²) in [4.78, 5) is 12.7. The van der Waals surface area contributed by atoms with Crippen molar-refractivity contribution in [3.8, 4) is 0 Å². The molecule has 1 aliphatic heterocycles. The number of piperidine rings is 1. The Labute approximate surface area is 189 Å². The molecule has 1 saturated heterocycles. The van der Waals surface area contributed by atoms with Crippen LogP contribution in [0, 0.1) is 5.92 Å². The van der Waals surface area contributed by atoms with Gasteiger partial charge >= 0.3 is 5.97 Å². The highest BCUT2D eigenvalue weighted by Gasteiger charge is 2.49. The first-order chi connectivity index (χ1) is 14.8. The number of hydrogen-bond acceptors (Lipinski definition) is 4. The van der Waals surface area contributed by atoms with Crippen molar-refractivity contribution in [3.63, 3.8) is 0 Å². The summed E-state index contributed by atoms with van der Waals surface area (Å²) < 4.78 is 33.1. The summed E-state index contributed by atoms with van der Waals surface area (Å²) in [6, 6.07) is 14.6. The van der Waals surface area contributed by atoms with E-state index in [4.69, 9.17) is 16.3 Å². The summed E-state index contributed by atoms with van der Waals surface area (Å²) in [6.45, 7) is 5.06. The van der Waals surface area contributed by atoms with Gasteiger partial charge in [-0.05, 0) is 72.9 Å². The third-order valence-corrected chi connectivity index (χ3v) is 9.10. The number of rotatable bonds is 5. The average molecular weight is 462 g/mol.